The molecule has 3 fully saturated rings. The molecule has 0 saturated carbocycles. The van der Waals surface area contributed by atoms with Crippen molar-refractivity contribution in [1.82, 2.24) is 5.32 Å². The van der Waals surface area contributed by atoms with Crippen LogP contribution in [0.4, 0.5) is 0 Å². The average molecular weight is 1190 g/mol. The molecule has 17 unspecified atom stereocenters. The molecule has 12 N–H and O–H groups in total. The van der Waals surface area contributed by atoms with Crippen molar-refractivity contribution < 1.29 is 89.4 Å². The normalized spacial score (nSPS) is 29.8. The molecule has 484 valence electrons. The van der Waals surface area contributed by atoms with Gasteiger partial charge >= 0.3 is 0 Å². The largest absolute Gasteiger partial charge is 0.394 e. The highest BCUT2D eigenvalue weighted by molar-refractivity contribution is 5.76. The first kappa shape index (κ1) is 75.2. The lowest BCUT2D eigenvalue weighted by molar-refractivity contribution is -0.379. The van der Waals surface area contributed by atoms with Gasteiger partial charge in [-0.1, -0.05) is 182 Å². The number of hydrogen-bond donors (Lipinski definition) is 12. The highest BCUT2D eigenvalue weighted by Crippen LogP contribution is 2.33. The van der Waals surface area contributed by atoms with Crippen LogP contribution in [0.25, 0.3) is 0 Å². The molecule has 0 aliphatic carbocycles. The first-order valence-electron chi connectivity index (χ1n) is 31.8. The Bertz CT molecular complexity index is 1860. The van der Waals surface area contributed by atoms with Crippen LogP contribution in [0.3, 0.4) is 0 Å². The van der Waals surface area contributed by atoms with Gasteiger partial charge in [0.15, 0.2) is 18.9 Å². The number of nitrogens with one attached hydrogen (secondary N) is 1. The molecular formula is C65H111NO18. The van der Waals surface area contributed by atoms with Gasteiger partial charge in [-0.25, -0.2) is 0 Å². The molecule has 19 heteroatoms. The van der Waals surface area contributed by atoms with E-state index in [1.807, 2.05) is 6.08 Å². The molecule has 0 bridgehead atoms. The molecule has 0 aromatic heterocycles. The smallest absolute Gasteiger partial charge is 0.220 e. The number of rotatable bonds is 46. The molecule has 3 rings (SSSR count). The molecule has 0 aromatic carbocycles. The number of aliphatic hydroxyl groups is 11. The number of ether oxygens (including phenoxy) is 6. The molecule has 1 amide bonds. The van der Waals surface area contributed by atoms with E-state index >= 15 is 0 Å². The zero-order chi connectivity index (χ0) is 61.2. The van der Waals surface area contributed by atoms with Gasteiger partial charge in [-0.15, -0.1) is 0 Å². The fourth-order valence-corrected chi connectivity index (χ4v) is 10.2. The Morgan fingerprint density at radius 2 is 0.833 bits per heavy atom. The molecule has 84 heavy (non-hydrogen) atoms. The van der Waals surface area contributed by atoms with Crippen LogP contribution >= 0.6 is 0 Å². The molecule has 3 saturated heterocycles. The SMILES string of the molecule is CC/C=C\C/C=C\C/C=C\C/C=C\CCCCC(=O)NC(COC1OC(CO)C(OC2OC(CO)C(OC3OC(CO)C(O)C(O)C3O)C(O)C2O)C(O)C1O)C(O)/C=C/CC/C=C/CC/C=C/CCCCCCCCCCCCCCCC. The summed E-state index contributed by atoms with van der Waals surface area (Å²) < 4.78 is 34.2. The zero-order valence-electron chi connectivity index (χ0n) is 50.6. The Kier molecular flexibility index (Phi) is 42.1. The summed E-state index contributed by atoms with van der Waals surface area (Å²) in [6.45, 7) is 1.54. The van der Waals surface area contributed by atoms with Crippen LogP contribution in [0.1, 0.15) is 187 Å². The average Bonchev–Trinajstić information content (AvgIpc) is 2.81. The highest BCUT2D eigenvalue weighted by atomic mass is 16.8. The Morgan fingerprint density at radius 3 is 1.33 bits per heavy atom. The van der Waals surface area contributed by atoms with Crippen molar-refractivity contribution in [3.8, 4) is 0 Å². The maximum Gasteiger partial charge on any atom is 0.220 e. The molecular weight excluding hydrogens is 1080 g/mol. The number of carbonyl (C=O) groups is 1. The van der Waals surface area contributed by atoms with E-state index in [0.717, 1.165) is 64.2 Å². The number of unbranched alkanes of at least 4 members (excludes halogenated alkanes) is 18. The van der Waals surface area contributed by atoms with Gasteiger partial charge in [0.05, 0.1) is 38.6 Å². The maximum absolute atomic E-state index is 13.3. The fraction of sp³-hybridized carbons (Fsp3) is 0.769. The van der Waals surface area contributed by atoms with E-state index in [1.165, 1.54) is 89.9 Å². The summed E-state index contributed by atoms with van der Waals surface area (Å²) in [5.74, 6) is -0.333. The van der Waals surface area contributed by atoms with Gasteiger partial charge in [-0.05, 0) is 83.5 Å². The lowest BCUT2D eigenvalue weighted by Gasteiger charge is -2.48. The van der Waals surface area contributed by atoms with E-state index in [2.05, 4.69) is 92.1 Å². The van der Waals surface area contributed by atoms with Crippen LogP contribution < -0.4 is 5.32 Å². The molecule has 3 heterocycles. The minimum atomic E-state index is -1.99. The van der Waals surface area contributed by atoms with Gasteiger partial charge in [0.2, 0.25) is 5.91 Å². The second-order valence-electron chi connectivity index (χ2n) is 22.5. The van der Waals surface area contributed by atoms with Gasteiger partial charge < -0.3 is 89.9 Å². The number of hydrogen-bond acceptors (Lipinski definition) is 18. The van der Waals surface area contributed by atoms with Crippen LogP contribution in [0.5, 0.6) is 0 Å². The zero-order valence-corrected chi connectivity index (χ0v) is 50.6. The van der Waals surface area contributed by atoms with Crippen LogP contribution in [0.15, 0.2) is 85.1 Å². The van der Waals surface area contributed by atoms with Gasteiger partial charge in [0.25, 0.3) is 0 Å². The van der Waals surface area contributed by atoms with E-state index < -0.39 is 131 Å². The Labute approximate surface area is 501 Å². The molecule has 3 aliphatic heterocycles. The van der Waals surface area contributed by atoms with Crippen LogP contribution in [0, 0.1) is 0 Å². The summed E-state index contributed by atoms with van der Waals surface area (Å²) in [6, 6.07) is -1.02. The van der Waals surface area contributed by atoms with Crippen molar-refractivity contribution in [2.75, 3.05) is 26.4 Å². The second kappa shape index (κ2) is 47.0. The predicted octanol–water partition coefficient (Wildman–Crippen LogP) is 6.76. The van der Waals surface area contributed by atoms with E-state index in [-0.39, 0.29) is 12.3 Å². The molecule has 3 aliphatic rings. The minimum absolute atomic E-state index is 0.175. The first-order valence-corrected chi connectivity index (χ1v) is 31.8. The molecule has 0 aromatic rings. The van der Waals surface area contributed by atoms with Crippen LogP contribution in [0.2, 0.25) is 0 Å². The van der Waals surface area contributed by atoms with E-state index in [9.17, 15) is 61.0 Å². The third kappa shape index (κ3) is 29.8. The standard InChI is InChI=1S/C65H111NO18/c1-3-5-7-9-11-13-15-17-19-20-21-22-23-24-25-26-27-29-30-32-34-36-38-40-42-49(70)48(66-53(71)43-41-39-37-35-33-31-28-18-16-14-12-10-8-6-4-2)47-79-63-59(77)56(74)61(51(45-68)81-63)84-65-60(78)57(75)62(52(46-69)82-65)83-64-58(76)55(73)54(72)50(44-67)80-64/h6,8,12,14,18,26-28,32-35,40,42,48-52,54-65,67-70,72-78H,3-5,7,9-11,13,15-17,19-25,29-31,36-39,41,43-47H2,1-2H3,(H,66,71)/b8-6-,14-12-,27-26+,28-18-,34-32+,35-33-,42-40+. The number of aliphatic hydroxyl groups excluding tert-OH is 11. The highest BCUT2D eigenvalue weighted by Gasteiger charge is 2.53. The van der Waals surface area contributed by atoms with E-state index in [4.69, 9.17) is 28.4 Å². The maximum atomic E-state index is 13.3. The van der Waals surface area contributed by atoms with Crippen molar-refractivity contribution in [2.24, 2.45) is 0 Å². The second-order valence-corrected chi connectivity index (χ2v) is 22.5. The fourth-order valence-electron chi connectivity index (χ4n) is 10.2. The lowest BCUT2D eigenvalue weighted by Crippen LogP contribution is -2.66. The summed E-state index contributed by atoms with van der Waals surface area (Å²) in [7, 11) is 0. The van der Waals surface area contributed by atoms with Crippen molar-refractivity contribution in [1.29, 1.82) is 0 Å². The van der Waals surface area contributed by atoms with Crippen LogP contribution in [-0.2, 0) is 33.2 Å². The molecule has 17 atom stereocenters. The Morgan fingerprint density at radius 1 is 0.440 bits per heavy atom. The number of carbonyl (C=O) groups excluding carboxylic acids is 1. The Balaban J connectivity index is 1.50. The first-order chi connectivity index (χ1) is 40.8. The lowest BCUT2D eigenvalue weighted by atomic mass is 9.96. The quantitative estimate of drug-likeness (QED) is 0.0221. The molecule has 19 nitrogen and oxygen atoms in total. The van der Waals surface area contributed by atoms with Crippen LogP contribution in [-0.4, -0.2) is 193 Å². The van der Waals surface area contributed by atoms with Crippen molar-refractivity contribution in [3.63, 3.8) is 0 Å². The summed E-state index contributed by atoms with van der Waals surface area (Å²) in [5, 5.41) is 120. The minimum Gasteiger partial charge on any atom is -0.394 e. The topological polar surface area (TPSA) is 307 Å². The number of amides is 1. The molecule has 0 radical (unpaired) electrons. The van der Waals surface area contributed by atoms with E-state index in [1.54, 1.807) is 6.08 Å². The van der Waals surface area contributed by atoms with Crippen molar-refractivity contribution >= 4 is 5.91 Å². The van der Waals surface area contributed by atoms with Crippen molar-refractivity contribution in [3.05, 3.63) is 85.1 Å². The van der Waals surface area contributed by atoms with Gasteiger partial charge in [0, 0.05) is 6.42 Å². The predicted molar refractivity (Wildman–Crippen MR) is 323 cm³/mol. The summed E-state index contributed by atoms with van der Waals surface area (Å²) in [5.41, 5.74) is 0. The van der Waals surface area contributed by atoms with Gasteiger partial charge in [0.1, 0.15) is 73.2 Å². The van der Waals surface area contributed by atoms with Gasteiger partial charge in [-0.2, -0.15) is 0 Å². The summed E-state index contributed by atoms with van der Waals surface area (Å²) in [6.07, 6.45) is 31.5. The third-order valence-corrected chi connectivity index (χ3v) is 15.4. The summed E-state index contributed by atoms with van der Waals surface area (Å²) >= 11 is 0. The van der Waals surface area contributed by atoms with E-state index in [0.29, 0.717) is 12.8 Å². The monoisotopic (exact) mass is 1190 g/mol. The third-order valence-electron chi connectivity index (χ3n) is 15.4. The van der Waals surface area contributed by atoms with Gasteiger partial charge in [-0.3, -0.25) is 4.79 Å². The van der Waals surface area contributed by atoms with Crippen molar-refractivity contribution in [2.45, 2.75) is 291 Å². The Hall–Kier alpha value is -3.03. The summed E-state index contributed by atoms with van der Waals surface area (Å²) in [4.78, 5) is 13.3. The number of allylic oxidation sites excluding steroid dienone is 13. The molecule has 0 spiro atoms.